The fraction of sp³-hybridized carbons (Fsp3) is 0.240. The van der Waals surface area contributed by atoms with Crippen molar-refractivity contribution in [2.45, 2.75) is 19.0 Å². The first kappa shape index (κ1) is 20.8. The van der Waals surface area contributed by atoms with Gasteiger partial charge >= 0.3 is 0 Å². The van der Waals surface area contributed by atoms with Gasteiger partial charge in [0, 0.05) is 18.2 Å². The van der Waals surface area contributed by atoms with E-state index in [1.54, 1.807) is 0 Å². The predicted molar refractivity (Wildman–Crippen MR) is 123 cm³/mol. The molecular formula is C25H27N5O. The second kappa shape index (κ2) is 9.53. The molecular weight excluding hydrogens is 386 g/mol. The number of nitrogens with one attached hydrogen (secondary N) is 1. The van der Waals surface area contributed by atoms with Crippen molar-refractivity contribution >= 4 is 16.9 Å². The van der Waals surface area contributed by atoms with E-state index in [1.165, 1.54) is 5.56 Å². The standard InChI is InChI=1S/C25H27N5O/c1-29(2)22(16-19-8-4-3-5-9-19)17-26-25(31)21-14-12-20(13-15-21)18-30-24-11-7-6-10-23(24)27-28-30/h3-15,22H,16-18H2,1-2H3,(H,26,31)/t22-/m1/s1. The molecule has 3 aromatic carbocycles. The third kappa shape index (κ3) is 5.16. The minimum absolute atomic E-state index is 0.0577. The van der Waals surface area contributed by atoms with Crippen LogP contribution in [-0.2, 0) is 13.0 Å². The molecule has 0 fully saturated rings. The van der Waals surface area contributed by atoms with E-state index in [1.807, 2.05) is 85.5 Å². The molecule has 4 rings (SSSR count). The van der Waals surface area contributed by atoms with Gasteiger partial charge in [0.05, 0.1) is 12.1 Å². The van der Waals surface area contributed by atoms with Crippen LogP contribution in [0.4, 0.5) is 0 Å². The molecule has 0 unspecified atom stereocenters. The van der Waals surface area contributed by atoms with E-state index in [0.717, 1.165) is 23.0 Å². The van der Waals surface area contributed by atoms with Crippen LogP contribution in [0.5, 0.6) is 0 Å². The van der Waals surface area contributed by atoms with Gasteiger partial charge in [-0.1, -0.05) is 59.8 Å². The maximum absolute atomic E-state index is 12.7. The number of rotatable bonds is 8. The Balaban J connectivity index is 1.36. The zero-order valence-electron chi connectivity index (χ0n) is 17.9. The van der Waals surface area contributed by atoms with E-state index in [0.29, 0.717) is 18.7 Å². The van der Waals surface area contributed by atoms with Crippen molar-refractivity contribution in [3.05, 3.63) is 95.6 Å². The molecule has 1 heterocycles. The highest BCUT2D eigenvalue weighted by Crippen LogP contribution is 2.13. The molecule has 0 radical (unpaired) electrons. The summed E-state index contributed by atoms with van der Waals surface area (Å²) in [6, 6.07) is 26.1. The molecule has 6 nitrogen and oxygen atoms in total. The minimum Gasteiger partial charge on any atom is -0.350 e. The van der Waals surface area contributed by atoms with Gasteiger partial charge in [0.2, 0.25) is 0 Å². The lowest BCUT2D eigenvalue weighted by molar-refractivity contribution is 0.0941. The summed E-state index contributed by atoms with van der Waals surface area (Å²) in [5, 5.41) is 11.5. The minimum atomic E-state index is -0.0577. The average molecular weight is 414 g/mol. The smallest absolute Gasteiger partial charge is 0.251 e. The number of amides is 1. The van der Waals surface area contributed by atoms with E-state index in [-0.39, 0.29) is 11.9 Å². The number of likely N-dealkylation sites (N-methyl/N-ethyl adjacent to an activating group) is 1. The van der Waals surface area contributed by atoms with Crippen molar-refractivity contribution in [3.63, 3.8) is 0 Å². The van der Waals surface area contributed by atoms with Gasteiger partial charge in [-0.15, -0.1) is 5.10 Å². The maximum Gasteiger partial charge on any atom is 0.251 e. The van der Waals surface area contributed by atoms with Crippen molar-refractivity contribution < 1.29 is 4.79 Å². The second-order valence-electron chi connectivity index (χ2n) is 7.95. The number of fused-ring (bicyclic) bond motifs is 1. The van der Waals surface area contributed by atoms with Crippen LogP contribution in [0.3, 0.4) is 0 Å². The Kier molecular flexibility index (Phi) is 6.38. The van der Waals surface area contributed by atoms with Gasteiger partial charge in [0.1, 0.15) is 5.52 Å². The molecule has 1 aromatic heterocycles. The molecule has 1 atom stereocenters. The van der Waals surface area contributed by atoms with Gasteiger partial charge in [-0.05, 0) is 55.9 Å². The molecule has 0 saturated heterocycles. The fourth-order valence-electron chi connectivity index (χ4n) is 3.60. The third-order valence-corrected chi connectivity index (χ3v) is 5.51. The van der Waals surface area contributed by atoms with E-state index < -0.39 is 0 Å². The van der Waals surface area contributed by atoms with Crippen molar-refractivity contribution in [1.29, 1.82) is 0 Å². The lowest BCUT2D eigenvalue weighted by Gasteiger charge is -2.24. The highest BCUT2D eigenvalue weighted by molar-refractivity contribution is 5.94. The summed E-state index contributed by atoms with van der Waals surface area (Å²) >= 11 is 0. The maximum atomic E-state index is 12.7. The first-order valence-electron chi connectivity index (χ1n) is 10.5. The topological polar surface area (TPSA) is 63.1 Å². The number of nitrogens with zero attached hydrogens (tertiary/aromatic N) is 4. The number of hydrogen-bond donors (Lipinski definition) is 1. The van der Waals surface area contributed by atoms with Crippen LogP contribution in [0.1, 0.15) is 21.5 Å². The van der Waals surface area contributed by atoms with Crippen LogP contribution in [-0.4, -0.2) is 52.5 Å². The number of benzene rings is 3. The van der Waals surface area contributed by atoms with Crippen molar-refractivity contribution in [1.82, 2.24) is 25.2 Å². The van der Waals surface area contributed by atoms with E-state index >= 15 is 0 Å². The molecule has 0 bridgehead atoms. The van der Waals surface area contributed by atoms with Gasteiger partial charge < -0.3 is 10.2 Å². The Hall–Kier alpha value is -3.51. The van der Waals surface area contributed by atoms with Crippen molar-refractivity contribution in [3.8, 4) is 0 Å². The summed E-state index contributed by atoms with van der Waals surface area (Å²) in [5.41, 5.74) is 4.87. The molecule has 4 aromatic rings. The summed E-state index contributed by atoms with van der Waals surface area (Å²) in [4.78, 5) is 14.8. The van der Waals surface area contributed by atoms with Gasteiger partial charge in [-0.3, -0.25) is 4.79 Å². The lowest BCUT2D eigenvalue weighted by atomic mass is 10.0. The normalized spacial score (nSPS) is 12.2. The number of carbonyl (C=O) groups excluding carboxylic acids is 1. The molecule has 0 aliphatic carbocycles. The van der Waals surface area contributed by atoms with E-state index in [9.17, 15) is 4.79 Å². The Morgan fingerprint density at radius 3 is 2.39 bits per heavy atom. The summed E-state index contributed by atoms with van der Waals surface area (Å²) < 4.78 is 1.87. The molecule has 6 heteroatoms. The molecule has 1 amide bonds. The molecule has 0 aliphatic rings. The monoisotopic (exact) mass is 413 g/mol. The number of hydrogen-bond acceptors (Lipinski definition) is 4. The zero-order chi connectivity index (χ0) is 21.6. The molecule has 0 saturated carbocycles. The van der Waals surface area contributed by atoms with Crippen LogP contribution in [0, 0.1) is 0 Å². The highest BCUT2D eigenvalue weighted by atomic mass is 16.1. The van der Waals surface area contributed by atoms with E-state index in [4.69, 9.17) is 0 Å². The summed E-state index contributed by atoms with van der Waals surface area (Å²) in [6.07, 6.45) is 0.888. The second-order valence-corrected chi connectivity index (χ2v) is 7.95. The summed E-state index contributed by atoms with van der Waals surface area (Å²) in [7, 11) is 4.09. The summed E-state index contributed by atoms with van der Waals surface area (Å²) in [5.74, 6) is -0.0577. The van der Waals surface area contributed by atoms with Gasteiger partial charge in [0.15, 0.2) is 0 Å². The third-order valence-electron chi connectivity index (χ3n) is 5.51. The SMILES string of the molecule is CN(C)[C@@H](CNC(=O)c1ccc(Cn2nnc3ccccc32)cc1)Cc1ccccc1. The van der Waals surface area contributed by atoms with Gasteiger partial charge in [-0.25, -0.2) is 4.68 Å². The van der Waals surface area contributed by atoms with Crippen LogP contribution >= 0.6 is 0 Å². The van der Waals surface area contributed by atoms with E-state index in [2.05, 4.69) is 32.7 Å². The van der Waals surface area contributed by atoms with Crippen LogP contribution in [0.15, 0.2) is 78.9 Å². The van der Waals surface area contributed by atoms with Crippen LogP contribution in [0.25, 0.3) is 11.0 Å². The Morgan fingerprint density at radius 2 is 1.65 bits per heavy atom. The average Bonchev–Trinajstić information content (AvgIpc) is 3.20. The number of para-hydroxylation sites is 1. The Morgan fingerprint density at radius 1 is 0.935 bits per heavy atom. The Labute approximate surface area is 182 Å². The lowest BCUT2D eigenvalue weighted by Crippen LogP contribution is -2.41. The first-order valence-corrected chi connectivity index (χ1v) is 10.5. The first-order chi connectivity index (χ1) is 15.1. The van der Waals surface area contributed by atoms with Crippen LogP contribution < -0.4 is 5.32 Å². The number of carbonyl (C=O) groups is 1. The highest BCUT2D eigenvalue weighted by Gasteiger charge is 2.14. The predicted octanol–water partition coefficient (Wildman–Crippen LogP) is 3.38. The quantitative estimate of drug-likeness (QED) is 0.481. The van der Waals surface area contributed by atoms with Crippen molar-refractivity contribution in [2.75, 3.05) is 20.6 Å². The van der Waals surface area contributed by atoms with Crippen LogP contribution in [0.2, 0.25) is 0 Å². The molecule has 31 heavy (non-hydrogen) atoms. The molecule has 0 aliphatic heterocycles. The largest absolute Gasteiger partial charge is 0.350 e. The Bertz CT molecular complexity index is 1140. The fourth-order valence-corrected chi connectivity index (χ4v) is 3.60. The summed E-state index contributed by atoms with van der Waals surface area (Å²) in [6.45, 7) is 1.20. The zero-order valence-corrected chi connectivity index (χ0v) is 17.9. The van der Waals surface area contributed by atoms with Gasteiger partial charge in [0.25, 0.3) is 5.91 Å². The number of aromatic nitrogens is 3. The molecule has 1 N–H and O–H groups in total. The molecule has 158 valence electrons. The molecule has 0 spiro atoms. The van der Waals surface area contributed by atoms with Crippen molar-refractivity contribution in [2.24, 2.45) is 0 Å². The van der Waals surface area contributed by atoms with Gasteiger partial charge in [-0.2, -0.15) is 0 Å².